The fourth-order valence-corrected chi connectivity index (χ4v) is 2.89. The van der Waals surface area contributed by atoms with Gasteiger partial charge in [0.15, 0.2) is 0 Å². The summed E-state index contributed by atoms with van der Waals surface area (Å²) in [6, 6.07) is 6.74. The summed E-state index contributed by atoms with van der Waals surface area (Å²) in [5.74, 6) is -0.204. The third-order valence-corrected chi connectivity index (χ3v) is 4.18. The normalized spacial score (nSPS) is 16.3. The molecular formula is C18H21N5O3. The number of esters is 1. The second-order valence-electron chi connectivity index (χ2n) is 5.92. The van der Waals surface area contributed by atoms with Crippen LogP contribution < -0.4 is 16.0 Å². The SMILES string of the molecule is CCOC(=O)c1cnc(N2CCC[C@H]2C(=O)Nc2ccccc2N)nc1. The molecule has 0 aliphatic carbocycles. The number of nitrogens with zero attached hydrogens (tertiary/aromatic N) is 3. The lowest BCUT2D eigenvalue weighted by atomic mass is 10.2. The molecule has 0 unspecified atom stereocenters. The third-order valence-electron chi connectivity index (χ3n) is 4.18. The molecule has 26 heavy (non-hydrogen) atoms. The Morgan fingerprint density at radius 2 is 2.04 bits per heavy atom. The quantitative estimate of drug-likeness (QED) is 0.622. The van der Waals surface area contributed by atoms with Crippen molar-refractivity contribution in [2.24, 2.45) is 0 Å². The molecule has 1 aliphatic rings. The molecule has 3 N–H and O–H groups in total. The first-order chi connectivity index (χ1) is 12.6. The number of para-hydroxylation sites is 2. The van der Waals surface area contributed by atoms with Crippen molar-refractivity contribution in [3.05, 3.63) is 42.2 Å². The topological polar surface area (TPSA) is 110 Å². The van der Waals surface area contributed by atoms with Crippen LogP contribution in [0.4, 0.5) is 17.3 Å². The molecule has 1 fully saturated rings. The van der Waals surface area contributed by atoms with Crippen LogP contribution in [0.5, 0.6) is 0 Å². The highest BCUT2D eigenvalue weighted by Crippen LogP contribution is 2.25. The lowest BCUT2D eigenvalue weighted by Crippen LogP contribution is -2.40. The van der Waals surface area contributed by atoms with Crippen molar-refractivity contribution in [3.63, 3.8) is 0 Å². The molecule has 1 aromatic heterocycles. The van der Waals surface area contributed by atoms with Crippen molar-refractivity contribution < 1.29 is 14.3 Å². The number of nitrogens with one attached hydrogen (secondary N) is 1. The number of aromatic nitrogens is 2. The van der Waals surface area contributed by atoms with Crippen LogP contribution in [0.15, 0.2) is 36.7 Å². The van der Waals surface area contributed by atoms with Gasteiger partial charge >= 0.3 is 5.97 Å². The number of hydrogen-bond acceptors (Lipinski definition) is 7. The number of benzene rings is 1. The highest BCUT2D eigenvalue weighted by atomic mass is 16.5. The summed E-state index contributed by atoms with van der Waals surface area (Å²) in [4.78, 5) is 34.7. The molecule has 1 amide bonds. The lowest BCUT2D eigenvalue weighted by molar-refractivity contribution is -0.117. The first kappa shape index (κ1) is 17.7. The van der Waals surface area contributed by atoms with E-state index < -0.39 is 5.97 Å². The van der Waals surface area contributed by atoms with Gasteiger partial charge in [-0.25, -0.2) is 14.8 Å². The summed E-state index contributed by atoms with van der Waals surface area (Å²) in [7, 11) is 0. The molecular weight excluding hydrogens is 334 g/mol. The van der Waals surface area contributed by atoms with E-state index in [1.165, 1.54) is 12.4 Å². The number of nitrogen functional groups attached to an aromatic ring is 1. The van der Waals surface area contributed by atoms with Gasteiger partial charge in [-0.05, 0) is 31.9 Å². The highest BCUT2D eigenvalue weighted by molar-refractivity contribution is 5.99. The number of rotatable bonds is 5. The maximum absolute atomic E-state index is 12.7. The average molecular weight is 355 g/mol. The van der Waals surface area contributed by atoms with Crippen LogP contribution in [0.25, 0.3) is 0 Å². The zero-order valence-electron chi connectivity index (χ0n) is 14.5. The third kappa shape index (κ3) is 3.74. The number of anilines is 3. The zero-order chi connectivity index (χ0) is 18.5. The minimum absolute atomic E-state index is 0.154. The monoisotopic (exact) mass is 355 g/mol. The molecule has 1 atom stereocenters. The maximum atomic E-state index is 12.7. The molecule has 2 heterocycles. The van der Waals surface area contributed by atoms with Crippen molar-refractivity contribution in [1.82, 2.24) is 9.97 Å². The van der Waals surface area contributed by atoms with E-state index in [-0.39, 0.29) is 24.1 Å². The molecule has 0 spiro atoms. The Balaban J connectivity index is 1.72. The Labute approximate surface area is 151 Å². The predicted octanol–water partition coefficient (Wildman–Crippen LogP) is 1.84. The Hall–Kier alpha value is -3.16. The number of nitrogens with two attached hydrogens (primary N) is 1. The van der Waals surface area contributed by atoms with E-state index in [4.69, 9.17) is 10.5 Å². The first-order valence-electron chi connectivity index (χ1n) is 8.51. The second kappa shape index (κ2) is 7.81. The molecule has 8 nitrogen and oxygen atoms in total. The summed E-state index contributed by atoms with van der Waals surface area (Å²) >= 11 is 0. The van der Waals surface area contributed by atoms with Gasteiger partial charge in [0.1, 0.15) is 6.04 Å². The summed E-state index contributed by atoms with van der Waals surface area (Å²) < 4.78 is 4.92. The molecule has 1 saturated heterocycles. The summed E-state index contributed by atoms with van der Waals surface area (Å²) in [6.45, 7) is 2.69. The minimum Gasteiger partial charge on any atom is -0.462 e. The number of carbonyl (C=O) groups is 2. The average Bonchev–Trinajstić information content (AvgIpc) is 3.14. The Kier molecular flexibility index (Phi) is 5.31. The molecule has 1 aromatic carbocycles. The van der Waals surface area contributed by atoms with E-state index >= 15 is 0 Å². The van der Waals surface area contributed by atoms with E-state index in [0.29, 0.717) is 30.3 Å². The van der Waals surface area contributed by atoms with E-state index in [0.717, 1.165) is 6.42 Å². The number of ether oxygens (including phenoxy) is 1. The molecule has 8 heteroatoms. The zero-order valence-corrected chi connectivity index (χ0v) is 14.5. The van der Waals surface area contributed by atoms with Crippen LogP contribution in [0, 0.1) is 0 Å². The smallest absolute Gasteiger partial charge is 0.341 e. The van der Waals surface area contributed by atoms with Crippen molar-refractivity contribution in [1.29, 1.82) is 0 Å². The van der Waals surface area contributed by atoms with Crippen molar-refractivity contribution in [3.8, 4) is 0 Å². The van der Waals surface area contributed by atoms with Crippen LogP contribution in [0.3, 0.4) is 0 Å². The molecule has 2 aromatic rings. The number of hydrogen-bond donors (Lipinski definition) is 2. The Bertz CT molecular complexity index is 794. The van der Waals surface area contributed by atoms with Gasteiger partial charge in [-0.1, -0.05) is 12.1 Å². The van der Waals surface area contributed by atoms with Gasteiger partial charge in [0.05, 0.1) is 23.5 Å². The molecule has 136 valence electrons. The number of carbonyl (C=O) groups excluding carboxylic acids is 2. The van der Waals surface area contributed by atoms with Crippen LogP contribution in [-0.4, -0.2) is 41.0 Å². The molecule has 0 saturated carbocycles. The fourth-order valence-electron chi connectivity index (χ4n) is 2.89. The van der Waals surface area contributed by atoms with E-state index in [9.17, 15) is 9.59 Å². The molecule has 0 radical (unpaired) electrons. The Morgan fingerprint density at radius 1 is 1.31 bits per heavy atom. The fraction of sp³-hybridized carbons (Fsp3) is 0.333. The van der Waals surface area contributed by atoms with Crippen molar-refractivity contribution >= 4 is 29.2 Å². The largest absolute Gasteiger partial charge is 0.462 e. The van der Waals surface area contributed by atoms with Crippen LogP contribution in [0.2, 0.25) is 0 Å². The van der Waals surface area contributed by atoms with Crippen molar-refractivity contribution in [2.75, 3.05) is 29.1 Å². The molecule has 1 aliphatic heterocycles. The van der Waals surface area contributed by atoms with E-state index in [2.05, 4.69) is 15.3 Å². The molecule has 3 rings (SSSR count). The van der Waals surface area contributed by atoms with Gasteiger partial charge in [0.2, 0.25) is 11.9 Å². The van der Waals surface area contributed by atoms with E-state index in [1.54, 1.807) is 19.1 Å². The van der Waals surface area contributed by atoms with Gasteiger partial charge in [0, 0.05) is 18.9 Å². The lowest BCUT2D eigenvalue weighted by Gasteiger charge is -2.24. The van der Waals surface area contributed by atoms with Crippen LogP contribution >= 0.6 is 0 Å². The van der Waals surface area contributed by atoms with Gasteiger partial charge in [0.25, 0.3) is 0 Å². The van der Waals surface area contributed by atoms with Crippen LogP contribution in [-0.2, 0) is 9.53 Å². The standard InChI is InChI=1S/C18H21N5O3/c1-2-26-17(25)12-10-20-18(21-11-12)23-9-5-8-15(23)16(24)22-14-7-4-3-6-13(14)19/h3-4,6-7,10-11,15H,2,5,8-9,19H2,1H3,(H,22,24)/t15-/m0/s1. The predicted molar refractivity (Wildman–Crippen MR) is 97.8 cm³/mol. The van der Waals surface area contributed by atoms with Gasteiger partial charge in [-0.3, -0.25) is 4.79 Å². The van der Waals surface area contributed by atoms with Gasteiger partial charge < -0.3 is 20.7 Å². The van der Waals surface area contributed by atoms with Gasteiger partial charge in [-0.2, -0.15) is 0 Å². The van der Waals surface area contributed by atoms with Gasteiger partial charge in [-0.15, -0.1) is 0 Å². The summed E-state index contributed by atoms with van der Waals surface area (Å²) in [5.41, 5.74) is 7.27. The van der Waals surface area contributed by atoms with Crippen LogP contribution in [0.1, 0.15) is 30.1 Å². The van der Waals surface area contributed by atoms with E-state index in [1.807, 2.05) is 17.0 Å². The summed E-state index contributed by atoms with van der Waals surface area (Å²) in [5, 5.41) is 2.86. The second-order valence-corrected chi connectivity index (χ2v) is 5.92. The highest BCUT2D eigenvalue weighted by Gasteiger charge is 2.32. The minimum atomic E-state index is -0.464. The first-order valence-corrected chi connectivity index (χ1v) is 8.51. The molecule has 0 bridgehead atoms. The van der Waals surface area contributed by atoms with Crippen molar-refractivity contribution in [2.45, 2.75) is 25.8 Å². The Morgan fingerprint density at radius 3 is 2.73 bits per heavy atom. The summed E-state index contributed by atoms with van der Waals surface area (Å²) in [6.07, 6.45) is 4.39. The maximum Gasteiger partial charge on any atom is 0.341 e. The number of amides is 1.